The third-order valence-electron chi connectivity index (χ3n) is 9.05. The van der Waals surface area contributed by atoms with Crippen LogP contribution < -0.4 is 0 Å². The number of carbonyl (C=O) groups is 3. The average molecular weight is 607 g/mol. The molecule has 0 aromatic carbocycles. The summed E-state index contributed by atoms with van der Waals surface area (Å²) in [6, 6.07) is 0. The number of fused-ring (bicyclic) bond motifs is 2. The molecule has 3 aliphatic heterocycles. The zero-order chi connectivity index (χ0) is 31.3. The Balaban J connectivity index is 1.58. The van der Waals surface area contributed by atoms with E-state index in [0.717, 1.165) is 32.1 Å². The Morgan fingerprint density at radius 2 is 1.72 bits per heavy atom. The van der Waals surface area contributed by atoms with E-state index in [1.165, 1.54) is 39.4 Å². The van der Waals surface area contributed by atoms with E-state index < -0.39 is 54.2 Å². The highest BCUT2D eigenvalue weighted by Crippen LogP contribution is 2.49. The molecular formula is C33H50O10. The van der Waals surface area contributed by atoms with E-state index in [9.17, 15) is 19.5 Å². The second kappa shape index (κ2) is 14.6. The second-order valence-corrected chi connectivity index (χ2v) is 13.0. The molecule has 1 N–H and O–H groups in total. The van der Waals surface area contributed by atoms with Gasteiger partial charge >= 0.3 is 17.9 Å². The van der Waals surface area contributed by atoms with Crippen molar-refractivity contribution in [2.75, 3.05) is 0 Å². The van der Waals surface area contributed by atoms with Crippen molar-refractivity contribution in [2.45, 2.75) is 154 Å². The number of esters is 3. The Labute approximate surface area is 255 Å². The van der Waals surface area contributed by atoms with Gasteiger partial charge in [-0.05, 0) is 38.7 Å². The first-order valence-electron chi connectivity index (χ1n) is 16.0. The van der Waals surface area contributed by atoms with E-state index in [4.69, 9.17) is 28.4 Å². The van der Waals surface area contributed by atoms with Crippen molar-refractivity contribution in [3.63, 3.8) is 0 Å². The maximum Gasteiger partial charge on any atom is 0.306 e. The van der Waals surface area contributed by atoms with E-state index in [1.807, 2.05) is 13.8 Å². The lowest BCUT2D eigenvalue weighted by molar-refractivity contribution is -0.185. The number of rotatable bonds is 14. The van der Waals surface area contributed by atoms with Gasteiger partial charge in [0.15, 0.2) is 12.2 Å². The van der Waals surface area contributed by atoms with E-state index in [1.54, 1.807) is 0 Å². The van der Waals surface area contributed by atoms with Crippen LogP contribution in [0.25, 0.3) is 0 Å². The molecule has 0 unspecified atom stereocenters. The van der Waals surface area contributed by atoms with E-state index in [-0.39, 0.29) is 30.5 Å². The maximum absolute atomic E-state index is 13.2. The molecule has 0 bridgehead atoms. The Kier molecular flexibility index (Phi) is 11.3. The van der Waals surface area contributed by atoms with Crippen LogP contribution in [0.4, 0.5) is 0 Å². The highest BCUT2D eigenvalue weighted by Gasteiger charge is 2.60. The largest absolute Gasteiger partial charge is 0.462 e. The predicted molar refractivity (Wildman–Crippen MR) is 156 cm³/mol. The van der Waals surface area contributed by atoms with E-state index in [2.05, 4.69) is 13.5 Å². The quantitative estimate of drug-likeness (QED) is 0.0941. The van der Waals surface area contributed by atoms with Gasteiger partial charge in [0.2, 0.25) is 6.29 Å². The van der Waals surface area contributed by atoms with Crippen molar-refractivity contribution in [3.05, 3.63) is 24.0 Å². The summed E-state index contributed by atoms with van der Waals surface area (Å²) >= 11 is 0. The Morgan fingerprint density at radius 3 is 2.35 bits per heavy atom. The van der Waals surface area contributed by atoms with Gasteiger partial charge in [0.05, 0.1) is 23.9 Å². The molecule has 0 spiro atoms. The van der Waals surface area contributed by atoms with Crippen LogP contribution >= 0.6 is 0 Å². The van der Waals surface area contributed by atoms with Crippen LogP contribution in [-0.2, 0) is 42.8 Å². The fourth-order valence-corrected chi connectivity index (χ4v) is 6.63. The van der Waals surface area contributed by atoms with Gasteiger partial charge in [0.25, 0.3) is 0 Å². The molecule has 4 rings (SSSR count). The molecule has 1 aliphatic carbocycles. The Bertz CT molecular complexity index is 1050. The summed E-state index contributed by atoms with van der Waals surface area (Å²) in [4.78, 5) is 37.7. The lowest BCUT2D eigenvalue weighted by Crippen LogP contribution is -2.48. The molecule has 4 aliphatic rings. The number of unbranched alkanes of at least 4 members (excludes halogenated alkanes) is 6. The van der Waals surface area contributed by atoms with Crippen molar-refractivity contribution in [1.82, 2.24) is 0 Å². The van der Waals surface area contributed by atoms with Gasteiger partial charge in [-0.1, -0.05) is 58.4 Å². The fraction of sp³-hybridized carbons (Fsp3) is 0.788. The summed E-state index contributed by atoms with van der Waals surface area (Å²) in [6.45, 7) is 12.8. The monoisotopic (exact) mass is 606 g/mol. The summed E-state index contributed by atoms with van der Waals surface area (Å²) in [5, 5.41) is 11.1. The highest BCUT2D eigenvalue weighted by atomic mass is 16.7. The smallest absolute Gasteiger partial charge is 0.306 e. The van der Waals surface area contributed by atoms with Crippen molar-refractivity contribution in [2.24, 2.45) is 11.8 Å². The minimum absolute atomic E-state index is 0.0716. The summed E-state index contributed by atoms with van der Waals surface area (Å²) in [7, 11) is 0. The number of aliphatic hydroxyl groups is 1. The lowest BCUT2D eigenvalue weighted by Gasteiger charge is -2.42. The molecular weight excluding hydrogens is 556 g/mol. The molecule has 1 saturated carbocycles. The van der Waals surface area contributed by atoms with Crippen LogP contribution in [0.1, 0.15) is 105 Å². The average Bonchev–Trinajstić information content (AvgIpc) is 3.84. The van der Waals surface area contributed by atoms with Crippen LogP contribution in [0.5, 0.6) is 0 Å². The third kappa shape index (κ3) is 8.60. The zero-order valence-electron chi connectivity index (χ0n) is 26.4. The summed E-state index contributed by atoms with van der Waals surface area (Å²) in [5.41, 5.74) is 0.414. The SMILES string of the molecule is C=C1[C@@H]2[C@@H](OC(C)=O)OC=C([C@@H](OC(C)=O)[C@H](OC(=O)CCCCCCCCC)[C@@H]3OC3(C)C)[C@H]2CCC[C@@H]2O[C@@H]2[C@H]1O. The molecule has 10 heteroatoms. The zero-order valence-corrected chi connectivity index (χ0v) is 26.4. The fourth-order valence-electron chi connectivity index (χ4n) is 6.63. The molecule has 9 atom stereocenters. The van der Waals surface area contributed by atoms with Gasteiger partial charge in [-0.2, -0.15) is 0 Å². The number of ether oxygens (including phenoxy) is 6. The minimum atomic E-state index is -1.03. The summed E-state index contributed by atoms with van der Waals surface area (Å²) in [6.07, 6.45) is 6.41. The molecule has 0 amide bonds. The number of hydrogen-bond acceptors (Lipinski definition) is 10. The molecule has 3 fully saturated rings. The first kappa shape index (κ1) is 33.5. The second-order valence-electron chi connectivity index (χ2n) is 13.0. The topological polar surface area (TPSA) is 133 Å². The number of epoxide rings is 2. The van der Waals surface area contributed by atoms with Gasteiger partial charge in [0, 0.05) is 31.8 Å². The first-order valence-corrected chi connectivity index (χ1v) is 16.0. The summed E-state index contributed by atoms with van der Waals surface area (Å²) < 4.78 is 35.2. The maximum atomic E-state index is 13.2. The van der Waals surface area contributed by atoms with Crippen molar-refractivity contribution < 1.29 is 47.9 Å². The molecule has 2 saturated heterocycles. The molecule has 242 valence electrons. The van der Waals surface area contributed by atoms with Crippen LogP contribution in [0.3, 0.4) is 0 Å². The number of hydrogen-bond donors (Lipinski definition) is 1. The van der Waals surface area contributed by atoms with Crippen LogP contribution in [-0.4, -0.2) is 71.5 Å². The van der Waals surface area contributed by atoms with Crippen molar-refractivity contribution >= 4 is 17.9 Å². The Hall–Kier alpha value is -2.43. The Morgan fingerprint density at radius 1 is 1.05 bits per heavy atom. The third-order valence-corrected chi connectivity index (χ3v) is 9.05. The molecule has 10 nitrogen and oxygen atoms in total. The summed E-state index contributed by atoms with van der Waals surface area (Å²) in [5.74, 6) is -2.48. The molecule has 0 radical (unpaired) electrons. The lowest BCUT2D eigenvalue weighted by atomic mass is 9.73. The van der Waals surface area contributed by atoms with E-state index in [0.29, 0.717) is 24.0 Å². The first-order chi connectivity index (χ1) is 20.4. The number of carbonyl (C=O) groups excluding carboxylic acids is 3. The van der Waals surface area contributed by atoms with Crippen LogP contribution in [0.15, 0.2) is 24.0 Å². The van der Waals surface area contributed by atoms with Crippen LogP contribution in [0, 0.1) is 11.8 Å². The van der Waals surface area contributed by atoms with Crippen molar-refractivity contribution in [3.8, 4) is 0 Å². The number of aliphatic hydroxyl groups excluding tert-OH is 1. The molecule has 3 heterocycles. The molecule has 0 aromatic rings. The van der Waals surface area contributed by atoms with Gasteiger partial charge in [-0.3, -0.25) is 14.4 Å². The van der Waals surface area contributed by atoms with Gasteiger partial charge in [0.1, 0.15) is 18.3 Å². The van der Waals surface area contributed by atoms with Gasteiger partial charge < -0.3 is 33.5 Å². The standard InChI is InChI=1S/C33H50O10/c1-7-8-9-10-11-12-13-17-25(36)42-30(31-33(5,6)43-31)28(39-20(3)34)23-18-38-32(40-21(4)35)26-19(2)27(37)29-24(41-29)16-14-15-22(23)26/h18,22,24,26-32,37H,2,7-17H2,1,3-6H3/t22-,24+,26+,27+,28-,29+,30+,31+,32-/m1/s1. The highest BCUT2D eigenvalue weighted by molar-refractivity contribution is 5.70. The molecule has 0 aromatic heterocycles. The minimum Gasteiger partial charge on any atom is -0.462 e. The predicted octanol–water partition coefficient (Wildman–Crippen LogP) is 5.05. The van der Waals surface area contributed by atoms with Crippen LogP contribution in [0.2, 0.25) is 0 Å². The van der Waals surface area contributed by atoms with E-state index >= 15 is 0 Å². The molecule has 43 heavy (non-hydrogen) atoms. The van der Waals surface area contributed by atoms with Crippen molar-refractivity contribution in [1.29, 1.82) is 0 Å². The normalized spacial score (nSPS) is 32.2. The van der Waals surface area contributed by atoms with Gasteiger partial charge in [-0.25, -0.2) is 0 Å². The van der Waals surface area contributed by atoms with Gasteiger partial charge in [-0.15, -0.1) is 0 Å².